The fraction of sp³-hybridized carbons (Fsp3) is 0.250. The molecule has 0 amide bonds. The van der Waals surface area contributed by atoms with Gasteiger partial charge in [-0.2, -0.15) is 0 Å². The van der Waals surface area contributed by atoms with Gasteiger partial charge in [-0.05, 0) is 40.8 Å². The zero-order chi connectivity index (χ0) is 16.1. The number of carbonyl (C=O) groups is 1. The van der Waals surface area contributed by atoms with E-state index in [1.807, 2.05) is 30.3 Å². The van der Waals surface area contributed by atoms with Gasteiger partial charge in [-0.15, -0.1) is 0 Å². The second-order valence-corrected chi connectivity index (χ2v) is 5.54. The van der Waals surface area contributed by atoms with Gasteiger partial charge in [-0.25, -0.2) is 4.79 Å². The number of unbranched alkanes of at least 4 members (excludes halogenated alkanes) is 1. The molecular weight excluding hydrogens is 288 g/mol. The Hall–Kier alpha value is -2.55. The summed E-state index contributed by atoms with van der Waals surface area (Å²) in [7, 11) is 0. The van der Waals surface area contributed by atoms with Crippen LogP contribution in [0.4, 0.5) is 0 Å². The van der Waals surface area contributed by atoms with Crippen LogP contribution in [-0.4, -0.2) is 19.2 Å². The first-order valence-corrected chi connectivity index (χ1v) is 7.98. The molecule has 0 atom stereocenters. The lowest BCUT2D eigenvalue weighted by Crippen LogP contribution is -2.15. The molecule has 0 heterocycles. The van der Waals surface area contributed by atoms with Crippen LogP contribution in [0.15, 0.2) is 54.6 Å². The molecule has 3 rings (SSSR count). The van der Waals surface area contributed by atoms with Crippen LogP contribution in [0.1, 0.15) is 19.8 Å². The fourth-order valence-corrected chi connectivity index (χ4v) is 2.57. The first-order valence-electron chi connectivity index (χ1n) is 7.98. The molecule has 3 heteroatoms. The summed E-state index contributed by atoms with van der Waals surface area (Å²) in [6.45, 7) is 2.46. The number of hydrogen-bond donors (Lipinski definition) is 0. The predicted octanol–water partition coefficient (Wildman–Crippen LogP) is 4.72. The Kier molecular flexibility index (Phi) is 4.77. The molecular formula is C20H20O3. The Morgan fingerprint density at radius 3 is 2.48 bits per heavy atom. The van der Waals surface area contributed by atoms with E-state index in [1.165, 1.54) is 5.39 Å². The highest BCUT2D eigenvalue weighted by molar-refractivity contribution is 6.00. The second-order valence-electron chi connectivity index (χ2n) is 5.54. The van der Waals surface area contributed by atoms with Gasteiger partial charge in [0.2, 0.25) is 0 Å². The number of benzene rings is 3. The summed E-state index contributed by atoms with van der Waals surface area (Å²) in [6.07, 6.45) is 1.89. The molecule has 0 aliphatic heterocycles. The number of rotatable bonds is 6. The largest absolute Gasteiger partial charge is 0.481 e. The molecule has 3 nitrogen and oxygen atoms in total. The van der Waals surface area contributed by atoms with E-state index in [2.05, 4.69) is 31.2 Å². The molecule has 3 aromatic rings. The minimum absolute atomic E-state index is 0.0599. The summed E-state index contributed by atoms with van der Waals surface area (Å²) in [6, 6.07) is 18.3. The first kappa shape index (κ1) is 15.3. The fourth-order valence-electron chi connectivity index (χ4n) is 2.57. The van der Waals surface area contributed by atoms with Gasteiger partial charge in [-0.3, -0.25) is 0 Å². The molecule has 0 aromatic heterocycles. The van der Waals surface area contributed by atoms with E-state index in [-0.39, 0.29) is 12.6 Å². The molecule has 0 spiro atoms. The van der Waals surface area contributed by atoms with Gasteiger partial charge in [-0.1, -0.05) is 49.7 Å². The molecule has 0 saturated carbocycles. The van der Waals surface area contributed by atoms with Gasteiger partial charge in [0.15, 0.2) is 6.61 Å². The van der Waals surface area contributed by atoms with Crippen LogP contribution in [0.3, 0.4) is 0 Å². The van der Waals surface area contributed by atoms with Gasteiger partial charge in [0.05, 0.1) is 6.61 Å². The number of fused-ring (bicyclic) bond motifs is 2. The van der Waals surface area contributed by atoms with Crippen molar-refractivity contribution in [2.45, 2.75) is 19.8 Å². The summed E-state index contributed by atoms with van der Waals surface area (Å²) in [5, 5.41) is 4.45. The number of ether oxygens (including phenoxy) is 2. The van der Waals surface area contributed by atoms with Crippen LogP contribution in [0.2, 0.25) is 0 Å². The highest BCUT2D eigenvalue weighted by atomic mass is 16.6. The second kappa shape index (κ2) is 7.14. The SMILES string of the molecule is CCCCOC(=O)COc1cccc2cc3ccccc3cc12. The number of esters is 1. The van der Waals surface area contributed by atoms with Gasteiger partial charge >= 0.3 is 5.97 Å². The van der Waals surface area contributed by atoms with Crippen LogP contribution < -0.4 is 4.74 Å². The minimum atomic E-state index is -0.323. The molecule has 0 fully saturated rings. The van der Waals surface area contributed by atoms with Gasteiger partial charge < -0.3 is 9.47 Å². The van der Waals surface area contributed by atoms with Crippen LogP contribution in [0.5, 0.6) is 5.75 Å². The van der Waals surface area contributed by atoms with E-state index >= 15 is 0 Å². The average molecular weight is 308 g/mol. The van der Waals surface area contributed by atoms with E-state index in [0.29, 0.717) is 12.4 Å². The van der Waals surface area contributed by atoms with E-state index in [9.17, 15) is 4.79 Å². The maximum atomic E-state index is 11.7. The number of hydrogen-bond acceptors (Lipinski definition) is 3. The average Bonchev–Trinajstić information content (AvgIpc) is 2.58. The molecule has 0 bridgehead atoms. The van der Waals surface area contributed by atoms with Gasteiger partial charge in [0.25, 0.3) is 0 Å². The molecule has 0 unspecified atom stereocenters. The normalized spacial score (nSPS) is 10.8. The molecule has 23 heavy (non-hydrogen) atoms. The maximum absolute atomic E-state index is 11.7. The Labute approximate surface area is 135 Å². The Morgan fingerprint density at radius 2 is 1.70 bits per heavy atom. The molecule has 0 N–H and O–H groups in total. The third-order valence-corrected chi connectivity index (χ3v) is 3.81. The first-order chi connectivity index (χ1) is 11.3. The summed E-state index contributed by atoms with van der Waals surface area (Å²) >= 11 is 0. The topological polar surface area (TPSA) is 35.5 Å². The molecule has 0 radical (unpaired) electrons. The van der Waals surface area contributed by atoms with Crippen LogP contribution >= 0.6 is 0 Å². The van der Waals surface area contributed by atoms with Crippen molar-refractivity contribution >= 4 is 27.5 Å². The molecule has 3 aromatic carbocycles. The van der Waals surface area contributed by atoms with Crippen LogP contribution in [-0.2, 0) is 9.53 Å². The summed E-state index contributed by atoms with van der Waals surface area (Å²) in [5.41, 5.74) is 0. The van der Waals surface area contributed by atoms with Crippen molar-refractivity contribution in [1.82, 2.24) is 0 Å². The quantitative estimate of drug-likeness (QED) is 0.376. The molecule has 118 valence electrons. The lowest BCUT2D eigenvalue weighted by atomic mass is 10.0. The number of carbonyl (C=O) groups excluding carboxylic acids is 1. The molecule has 0 aliphatic carbocycles. The van der Waals surface area contributed by atoms with Crippen LogP contribution in [0.25, 0.3) is 21.5 Å². The van der Waals surface area contributed by atoms with Crippen molar-refractivity contribution in [2.24, 2.45) is 0 Å². The maximum Gasteiger partial charge on any atom is 0.344 e. The van der Waals surface area contributed by atoms with Crippen molar-refractivity contribution in [3.8, 4) is 5.75 Å². The minimum Gasteiger partial charge on any atom is -0.481 e. The van der Waals surface area contributed by atoms with E-state index < -0.39 is 0 Å². The Balaban J connectivity index is 1.80. The predicted molar refractivity (Wildman–Crippen MR) is 92.8 cm³/mol. The van der Waals surface area contributed by atoms with Crippen molar-refractivity contribution < 1.29 is 14.3 Å². The van der Waals surface area contributed by atoms with Crippen LogP contribution in [0, 0.1) is 0 Å². The lowest BCUT2D eigenvalue weighted by Gasteiger charge is -2.10. The lowest BCUT2D eigenvalue weighted by molar-refractivity contribution is -0.146. The molecule has 0 saturated heterocycles. The smallest absolute Gasteiger partial charge is 0.344 e. The zero-order valence-electron chi connectivity index (χ0n) is 13.2. The third kappa shape index (κ3) is 3.62. The van der Waals surface area contributed by atoms with Crippen molar-refractivity contribution in [3.63, 3.8) is 0 Å². The highest BCUT2D eigenvalue weighted by Gasteiger charge is 2.08. The third-order valence-electron chi connectivity index (χ3n) is 3.81. The van der Waals surface area contributed by atoms with E-state index in [4.69, 9.17) is 9.47 Å². The monoisotopic (exact) mass is 308 g/mol. The zero-order valence-corrected chi connectivity index (χ0v) is 13.2. The Morgan fingerprint density at radius 1 is 0.957 bits per heavy atom. The summed E-state index contributed by atoms with van der Waals surface area (Å²) < 4.78 is 10.8. The van der Waals surface area contributed by atoms with Gasteiger partial charge in [0, 0.05) is 5.39 Å². The van der Waals surface area contributed by atoms with E-state index in [1.54, 1.807) is 0 Å². The summed E-state index contributed by atoms with van der Waals surface area (Å²) in [5.74, 6) is 0.386. The van der Waals surface area contributed by atoms with Crippen molar-refractivity contribution in [1.29, 1.82) is 0 Å². The standard InChI is InChI=1S/C20H20O3/c1-2-3-11-22-20(21)14-23-19-10-6-9-17-12-15-7-4-5-8-16(15)13-18(17)19/h4-10,12-13H,2-3,11,14H2,1H3. The highest BCUT2D eigenvalue weighted by Crippen LogP contribution is 2.29. The van der Waals surface area contributed by atoms with E-state index in [0.717, 1.165) is 29.0 Å². The molecule has 0 aliphatic rings. The Bertz CT molecular complexity index is 823. The van der Waals surface area contributed by atoms with Crippen molar-refractivity contribution in [2.75, 3.05) is 13.2 Å². The van der Waals surface area contributed by atoms with Gasteiger partial charge in [0.1, 0.15) is 5.75 Å². The summed E-state index contributed by atoms with van der Waals surface area (Å²) in [4.78, 5) is 11.7. The van der Waals surface area contributed by atoms with Crippen molar-refractivity contribution in [3.05, 3.63) is 54.6 Å².